The zero-order valence-corrected chi connectivity index (χ0v) is 22.5. The van der Waals surface area contributed by atoms with Gasteiger partial charge >= 0.3 is 5.97 Å². The Labute approximate surface area is 228 Å². The summed E-state index contributed by atoms with van der Waals surface area (Å²) in [6, 6.07) is 1.42. The molecule has 39 heavy (non-hydrogen) atoms. The lowest BCUT2D eigenvalue weighted by molar-refractivity contribution is -0.144. The number of aromatic hydroxyl groups is 1. The van der Waals surface area contributed by atoms with Gasteiger partial charge in [-0.3, -0.25) is 19.2 Å². The van der Waals surface area contributed by atoms with Gasteiger partial charge in [0.25, 0.3) is 0 Å². The molecule has 0 heterocycles. The quantitative estimate of drug-likeness (QED) is 0.107. The van der Waals surface area contributed by atoms with E-state index in [-0.39, 0.29) is 25.0 Å². The molecule has 13 nitrogen and oxygen atoms in total. The fourth-order valence-electron chi connectivity index (χ4n) is 3.76. The molecule has 0 saturated carbocycles. The molecule has 13 heteroatoms. The van der Waals surface area contributed by atoms with Gasteiger partial charge in [-0.1, -0.05) is 38.8 Å². The molecule has 0 aliphatic rings. The first kappa shape index (κ1) is 33.3. The maximum Gasteiger partial charge on any atom is 0.326 e. The monoisotopic (exact) mass is 550 g/mol. The number of carboxylic acids is 1. The third-order valence-electron chi connectivity index (χ3n) is 6.40. The summed E-state index contributed by atoms with van der Waals surface area (Å²) in [6.45, 7) is 3.89. The van der Waals surface area contributed by atoms with Gasteiger partial charge < -0.3 is 43.4 Å². The predicted molar refractivity (Wildman–Crippen MR) is 144 cm³/mol. The van der Waals surface area contributed by atoms with Crippen LogP contribution in [-0.4, -0.2) is 70.5 Å². The fraction of sp³-hybridized carbons (Fsp3) is 0.577. The van der Waals surface area contributed by atoms with Crippen molar-refractivity contribution in [2.45, 2.75) is 83.0 Å². The number of phenolic OH excluding ortho intramolecular Hbond substituents is 1. The van der Waals surface area contributed by atoms with E-state index in [0.29, 0.717) is 37.8 Å². The topological polar surface area (TPSA) is 240 Å². The van der Waals surface area contributed by atoms with Gasteiger partial charge in [0, 0.05) is 12.8 Å². The van der Waals surface area contributed by atoms with Crippen LogP contribution in [0.3, 0.4) is 0 Å². The Bertz CT molecular complexity index is 972. The van der Waals surface area contributed by atoms with E-state index in [0.717, 1.165) is 0 Å². The highest BCUT2D eigenvalue weighted by molar-refractivity contribution is 5.94. The van der Waals surface area contributed by atoms with Crippen molar-refractivity contribution in [3.8, 4) is 5.75 Å². The second-order valence-electron chi connectivity index (χ2n) is 9.60. The molecule has 0 aliphatic carbocycles. The molecule has 0 fully saturated rings. The molecule has 218 valence electrons. The van der Waals surface area contributed by atoms with Gasteiger partial charge in [0.2, 0.25) is 23.6 Å². The first-order valence-electron chi connectivity index (χ1n) is 13.0. The highest BCUT2D eigenvalue weighted by Gasteiger charge is 2.32. The van der Waals surface area contributed by atoms with Crippen LogP contribution < -0.4 is 33.2 Å². The molecular formula is C26H42N6O7. The summed E-state index contributed by atoms with van der Waals surface area (Å²) in [5.74, 6) is -4.46. The standard InChI is InChI=1S/C26H42N6O7/c1-3-15(2)22(26(38)39)32-24(36)19(11-12-21(29)34)30-25(37)20(14-16-7-9-17(33)10-8-16)31-23(35)18(28)6-4-5-13-27/h7-10,15,18-20,22,33H,3-6,11-14,27-28H2,1-2H3,(H2,29,34)(H,30,37)(H,31,35)(H,32,36)(H,38,39). The Morgan fingerprint density at radius 2 is 1.49 bits per heavy atom. The van der Waals surface area contributed by atoms with Gasteiger partial charge in [-0.15, -0.1) is 0 Å². The number of aliphatic carboxylic acids is 1. The Kier molecular flexibility index (Phi) is 14.5. The number of phenols is 1. The van der Waals surface area contributed by atoms with Crippen molar-refractivity contribution >= 4 is 29.6 Å². The molecule has 1 rings (SSSR count). The number of nitrogens with one attached hydrogen (secondary N) is 3. The molecule has 0 spiro atoms. The molecule has 0 saturated heterocycles. The van der Waals surface area contributed by atoms with Crippen LogP contribution >= 0.6 is 0 Å². The zero-order chi connectivity index (χ0) is 29.5. The van der Waals surface area contributed by atoms with Gasteiger partial charge in [0.1, 0.15) is 23.9 Å². The summed E-state index contributed by atoms with van der Waals surface area (Å²) in [5.41, 5.74) is 17.3. The van der Waals surface area contributed by atoms with E-state index < -0.39 is 59.7 Å². The maximum absolute atomic E-state index is 13.4. The van der Waals surface area contributed by atoms with Crippen molar-refractivity contribution in [2.24, 2.45) is 23.1 Å². The van der Waals surface area contributed by atoms with Gasteiger partial charge in [0.05, 0.1) is 6.04 Å². The van der Waals surface area contributed by atoms with Gasteiger partial charge in [0.15, 0.2) is 0 Å². The van der Waals surface area contributed by atoms with Crippen LogP contribution in [0.2, 0.25) is 0 Å². The third kappa shape index (κ3) is 12.1. The minimum Gasteiger partial charge on any atom is -0.508 e. The number of hydrogen-bond acceptors (Lipinski definition) is 8. The fourth-order valence-corrected chi connectivity index (χ4v) is 3.76. The number of carbonyl (C=O) groups excluding carboxylic acids is 4. The molecule has 1 aromatic carbocycles. The molecule has 11 N–H and O–H groups in total. The van der Waals surface area contributed by atoms with Crippen LogP contribution in [0.5, 0.6) is 5.75 Å². The summed E-state index contributed by atoms with van der Waals surface area (Å²) < 4.78 is 0. The molecule has 0 aromatic heterocycles. The molecule has 0 radical (unpaired) electrons. The van der Waals surface area contributed by atoms with E-state index in [1.165, 1.54) is 12.1 Å². The van der Waals surface area contributed by atoms with Crippen molar-refractivity contribution in [1.82, 2.24) is 16.0 Å². The van der Waals surface area contributed by atoms with Crippen LogP contribution in [0.25, 0.3) is 0 Å². The molecule has 4 amide bonds. The highest BCUT2D eigenvalue weighted by Crippen LogP contribution is 2.13. The number of rotatable bonds is 18. The average molecular weight is 551 g/mol. The van der Waals surface area contributed by atoms with E-state index in [2.05, 4.69) is 16.0 Å². The maximum atomic E-state index is 13.4. The Balaban J connectivity index is 3.15. The minimum atomic E-state index is -1.30. The number of amides is 4. The Morgan fingerprint density at radius 3 is 2.03 bits per heavy atom. The first-order chi connectivity index (χ1) is 18.4. The van der Waals surface area contributed by atoms with E-state index in [1.807, 2.05) is 0 Å². The number of unbranched alkanes of at least 4 members (excludes halogenated alkanes) is 1. The third-order valence-corrected chi connectivity index (χ3v) is 6.40. The molecule has 0 bridgehead atoms. The number of carboxylic acid groups (broad SMARTS) is 1. The molecular weight excluding hydrogens is 508 g/mol. The second-order valence-corrected chi connectivity index (χ2v) is 9.60. The lowest BCUT2D eigenvalue weighted by Crippen LogP contribution is -2.58. The van der Waals surface area contributed by atoms with Gasteiger partial charge in [-0.25, -0.2) is 4.79 Å². The predicted octanol–water partition coefficient (Wildman–Crippen LogP) is -0.758. The number of hydrogen-bond donors (Lipinski definition) is 8. The molecule has 0 aliphatic heterocycles. The van der Waals surface area contributed by atoms with Crippen molar-refractivity contribution in [3.63, 3.8) is 0 Å². The van der Waals surface area contributed by atoms with Gasteiger partial charge in [-0.2, -0.15) is 0 Å². The largest absolute Gasteiger partial charge is 0.508 e. The lowest BCUT2D eigenvalue weighted by Gasteiger charge is -2.26. The first-order valence-corrected chi connectivity index (χ1v) is 13.0. The van der Waals surface area contributed by atoms with Crippen LogP contribution in [0.4, 0.5) is 0 Å². The number of benzene rings is 1. The van der Waals surface area contributed by atoms with E-state index in [4.69, 9.17) is 17.2 Å². The summed E-state index contributed by atoms with van der Waals surface area (Å²) in [5, 5.41) is 26.7. The second kappa shape index (κ2) is 17.0. The summed E-state index contributed by atoms with van der Waals surface area (Å²) in [7, 11) is 0. The highest BCUT2D eigenvalue weighted by atomic mass is 16.4. The summed E-state index contributed by atoms with van der Waals surface area (Å²) >= 11 is 0. The normalized spacial score (nSPS) is 14.8. The Morgan fingerprint density at radius 1 is 0.897 bits per heavy atom. The van der Waals surface area contributed by atoms with Crippen LogP contribution in [0.1, 0.15) is 57.9 Å². The van der Waals surface area contributed by atoms with Crippen LogP contribution in [-0.2, 0) is 30.4 Å². The summed E-state index contributed by atoms with van der Waals surface area (Å²) in [6.07, 6.45) is 1.70. The molecule has 5 atom stereocenters. The smallest absolute Gasteiger partial charge is 0.326 e. The van der Waals surface area contributed by atoms with Crippen molar-refractivity contribution < 1.29 is 34.2 Å². The summed E-state index contributed by atoms with van der Waals surface area (Å²) in [4.78, 5) is 62.3. The molecule has 1 aromatic rings. The van der Waals surface area contributed by atoms with Gasteiger partial charge in [-0.05, 0) is 49.4 Å². The van der Waals surface area contributed by atoms with E-state index in [1.54, 1.807) is 26.0 Å². The van der Waals surface area contributed by atoms with E-state index in [9.17, 15) is 34.2 Å². The van der Waals surface area contributed by atoms with E-state index >= 15 is 0 Å². The minimum absolute atomic E-state index is 0.00213. The Hall–Kier alpha value is -3.71. The molecule has 5 unspecified atom stereocenters. The van der Waals surface area contributed by atoms with Crippen LogP contribution in [0.15, 0.2) is 24.3 Å². The SMILES string of the molecule is CCC(C)C(NC(=O)C(CCC(N)=O)NC(=O)C(Cc1ccc(O)cc1)NC(=O)C(N)CCCCN)C(=O)O. The average Bonchev–Trinajstić information content (AvgIpc) is 2.89. The number of primary amides is 1. The zero-order valence-electron chi connectivity index (χ0n) is 22.5. The van der Waals surface area contributed by atoms with Crippen molar-refractivity contribution in [1.29, 1.82) is 0 Å². The lowest BCUT2D eigenvalue weighted by atomic mass is 9.98. The van der Waals surface area contributed by atoms with Crippen molar-refractivity contribution in [3.05, 3.63) is 29.8 Å². The number of carbonyl (C=O) groups is 5. The number of nitrogens with two attached hydrogens (primary N) is 3. The van der Waals surface area contributed by atoms with Crippen LogP contribution in [0, 0.1) is 5.92 Å². The van der Waals surface area contributed by atoms with Crippen molar-refractivity contribution in [2.75, 3.05) is 6.54 Å².